The quantitative estimate of drug-likeness (QED) is 0.541. The van der Waals surface area contributed by atoms with Crippen molar-refractivity contribution in [3.8, 4) is 16.9 Å². The highest BCUT2D eigenvalue weighted by Gasteiger charge is 2.17. The number of benzene rings is 3. The third-order valence-corrected chi connectivity index (χ3v) is 4.93. The molecule has 0 saturated carbocycles. The number of hydrogen-bond acceptors (Lipinski definition) is 3. The number of rotatable bonds is 5. The molecule has 1 heterocycles. The monoisotopic (exact) mass is 389 g/mol. The summed E-state index contributed by atoms with van der Waals surface area (Å²) in [4.78, 5) is 14.6. The van der Waals surface area contributed by atoms with E-state index in [-0.39, 0.29) is 11.7 Å². The first-order valence-corrected chi connectivity index (χ1v) is 9.18. The van der Waals surface area contributed by atoms with Gasteiger partial charge in [0, 0.05) is 35.7 Å². The van der Waals surface area contributed by atoms with Crippen LogP contribution in [0.25, 0.3) is 22.0 Å². The number of H-pyrrole nitrogens is 1. The van der Waals surface area contributed by atoms with Gasteiger partial charge in [-0.15, -0.1) is 0 Å². The number of halogens is 1. The first kappa shape index (κ1) is 18.7. The number of aromatic nitrogens is 2. The van der Waals surface area contributed by atoms with Crippen LogP contribution in [0.5, 0.6) is 5.75 Å². The molecule has 0 aliphatic rings. The third-order valence-electron chi connectivity index (χ3n) is 4.93. The molecule has 4 rings (SSSR count). The van der Waals surface area contributed by atoms with Crippen molar-refractivity contribution in [2.24, 2.45) is 0 Å². The summed E-state index contributed by atoms with van der Waals surface area (Å²) in [5.74, 6) is -0.0421. The SMILES string of the molecule is COc1cc(C(=O)N(C)Cc2cccc3cn[nH]c23)ccc1-c1ccccc1F. The second kappa shape index (κ2) is 7.75. The number of carbonyl (C=O) groups is 1. The van der Waals surface area contributed by atoms with Gasteiger partial charge in [-0.05, 0) is 29.8 Å². The molecule has 1 N–H and O–H groups in total. The highest BCUT2D eigenvalue weighted by atomic mass is 19.1. The van der Waals surface area contributed by atoms with Gasteiger partial charge < -0.3 is 9.64 Å². The lowest BCUT2D eigenvalue weighted by molar-refractivity contribution is 0.0785. The van der Waals surface area contributed by atoms with Crippen molar-refractivity contribution >= 4 is 16.8 Å². The summed E-state index contributed by atoms with van der Waals surface area (Å²) >= 11 is 0. The van der Waals surface area contributed by atoms with E-state index in [0.717, 1.165) is 16.5 Å². The Balaban J connectivity index is 1.61. The smallest absolute Gasteiger partial charge is 0.254 e. The number of methoxy groups -OCH3 is 1. The van der Waals surface area contributed by atoms with Crippen LogP contribution in [0.2, 0.25) is 0 Å². The second-order valence-corrected chi connectivity index (χ2v) is 6.81. The topological polar surface area (TPSA) is 58.2 Å². The Hall–Kier alpha value is -3.67. The number of amides is 1. The minimum Gasteiger partial charge on any atom is -0.496 e. The molecule has 0 saturated heterocycles. The fourth-order valence-electron chi connectivity index (χ4n) is 3.44. The molecular weight excluding hydrogens is 369 g/mol. The molecule has 0 fully saturated rings. The van der Waals surface area contributed by atoms with Crippen molar-refractivity contribution in [3.63, 3.8) is 0 Å². The molecule has 0 bridgehead atoms. The Morgan fingerprint density at radius 1 is 1.10 bits per heavy atom. The molecule has 0 aliphatic heterocycles. The standard InChI is InChI=1S/C23H20FN3O2/c1-27(14-17-7-5-6-16-13-25-26-22(16)17)23(28)15-10-11-19(21(12-15)29-2)18-8-3-4-9-20(18)24/h3-13H,14H2,1-2H3,(H,25,26). The number of aromatic amines is 1. The summed E-state index contributed by atoms with van der Waals surface area (Å²) in [6.45, 7) is 0.426. The minimum absolute atomic E-state index is 0.153. The number of para-hydroxylation sites is 1. The number of carbonyl (C=O) groups excluding carboxylic acids is 1. The van der Waals surface area contributed by atoms with Gasteiger partial charge in [-0.2, -0.15) is 5.10 Å². The lowest BCUT2D eigenvalue weighted by atomic mass is 10.0. The lowest BCUT2D eigenvalue weighted by Gasteiger charge is -2.19. The summed E-state index contributed by atoms with van der Waals surface area (Å²) in [6.07, 6.45) is 1.76. The normalized spacial score (nSPS) is 10.9. The maximum Gasteiger partial charge on any atom is 0.254 e. The Morgan fingerprint density at radius 2 is 1.93 bits per heavy atom. The average Bonchev–Trinajstić information content (AvgIpc) is 3.23. The molecule has 0 atom stereocenters. The van der Waals surface area contributed by atoms with Crippen LogP contribution in [-0.2, 0) is 6.54 Å². The van der Waals surface area contributed by atoms with E-state index < -0.39 is 0 Å². The minimum atomic E-state index is -0.338. The van der Waals surface area contributed by atoms with E-state index in [1.54, 1.807) is 54.5 Å². The van der Waals surface area contributed by atoms with Crippen molar-refractivity contribution in [2.45, 2.75) is 6.54 Å². The number of hydrogen-bond donors (Lipinski definition) is 1. The van der Waals surface area contributed by atoms with Gasteiger partial charge in [-0.1, -0.05) is 36.4 Å². The first-order chi connectivity index (χ1) is 14.1. The molecule has 1 aromatic heterocycles. The molecule has 146 valence electrons. The van der Waals surface area contributed by atoms with Gasteiger partial charge in [0.05, 0.1) is 18.8 Å². The molecule has 29 heavy (non-hydrogen) atoms. The van der Waals surface area contributed by atoms with Crippen LogP contribution in [0.15, 0.2) is 66.9 Å². The van der Waals surface area contributed by atoms with Crippen molar-refractivity contribution in [3.05, 3.63) is 83.8 Å². The number of fused-ring (bicyclic) bond motifs is 1. The van der Waals surface area contributed by atoms with Gasteiger partial charge in [0.25, 0.3) is 5.91 Å². The molecule has 5 nitrogen and oxygen atoms in total. The largest absolute Gasteiger partial charge is 0.496 e. The average molecular weight is 389 g/mol. The summed E-state index contributed by atoms with van der Waals surface area (Å²) in [5, 5.41) is 8.04. The van der Waals surface area contributed by atoms with Gasteiger partial charge in [0.1, 0.15) is 11.6 Å². The summed E-state index contributed by atoms with van der Waals surface area (Å²) in [5.41, 5.74) is 3.40. The molecule has 6 heteroatoms. The van der Waals surface area contributed by atoms with Gasteiger partial charge in [-0.3, -0.25) is 9.89 Å². The highest BCUT2D eigenvalue weighted by Crippen LogP contribution is 2.33. The Bertz CT molecular complexity index is 1190. The van der Waals surface area contributed by atoms with Crippen molar-refractivity contribution in [2.75, 3.05) is 14.2 Å². The zero-order chi connectivity index (χ0) is 20.4. The number of nitrogens with zero attached hydrogens (tertiary/aromatic N) is 2. The zero-order valence-corrected chi connectivity index (χ0v) is 16.1. The van der Waals surface area contributed by atoms with Gasteiger partial charge >= 0.3 is 0 Å². The maximum absolute atomic E-state index is 14.2. The second-order valence-electron chi connectivity index (χ2n) is 6.81. The van der Waals surface area contributed by atoms with Crippen LogP contribution in [0.1, 0.15) is 15.9 Å². The molecule has 3 aromatic carbocycles. The summed E-state index contributed by atoms with van der Waals surface area (Å²) in [7, 11) is 3.26. The highest BCUT2D eigenvalue weighted by molar-refractivity contribution is 5.95. The number of ether oxygens (including phenoxy) is 1. The third kappa shape index (κ3) is 3.57. The Kier molecular flexibility index (Phi) is 4.99. The van der Waals surface area contributed by atoms with Crippen molar-refractivity contribution in [1.29, 1.82) is 0 Å². The van der Waals surface area contributed by atoms with Crippen LogP contribution < -0.4 is 4.74 Å². The summed E-state index contributed by atoms with van der Waals surface area (Å²) in [6, 6.07) is 17.4. The maximum atomic E-state index is 14.2. The lowest BCUT2D eigenvalue weighted by Crippen LogP contribution is -2.26. The molecule has 0 radical (unpaired) electrons. The predicted molar refractivity (Wildman–Crippen MR) is 110 cm³/mol. The molecule has 0 aliphatic carbocycles. The van der Waals surface area contributed by atoms with Crippen molar-refractivity contribution < 1.29 is 13.9 Å². The van der Waals surface area contributed by atoms with Crippen LogP contribution in [0.4, 0.5) is 4.39 Å². The Labute approximate surface area is 167 Å². The molecule has 1 amide bonds. The predicted octanol–water partition coefficient (Wildman–Crippen LogP) is 4.65. The van der Waals surface area contributed by atoms with Gasteiger partial charge in [-0.25, -0.2) is 4.39 Å². The van der Waals surface area contributed by atoms with E-state index >= 15 is 0 Å². The van der Waals surface area contributed by atoms with Gasteiger partial charge in [0.2, 0.25) is 0 Å². The fourth-order valence-corrected chi connectivity index (χ4v) is 3.44. The van der Waals surface area contributed by atoms with E-state index in [9.17, 15) is 9.18 Å². The van der Waals surface area contributed by atoms with Crippen molar-refractivity contribution in [1.82, 2.24) is 15.1 Å². The van der Waals surface area contributed by atoms with E-state index in [2.05, 4.69) is 10.2 Å². The molecule has 0 spiro atoms. The van der Waals surface area contributed by atoms with E-state index in [1.165, 1.54) is 13.2 Å². The first-order valence-electron chi connectivity index (χ1n) is 9.18. The summed E-state index contributed by atoms with van der Waals surface area (Å²) < 4.78 is 19.6. The molecule has 0 unspecified atom stereocenters. The van der Waals surface area contributed by atoms with Crippen LogP contribution in [-0.4, -0.2) is 35.2 Å². The van der Waals surface area contributed by atoms with E-state index in [0.29, 0.717) is 29.0 Å². The van der Waals surface area contributed by atoms with Crippen LogP contribution in [0.3, 0.4) is 0 Å². The molecule has 4 aromatic rings. The van der Waals surface area contributed by atoms with Gasteiger partial charge in [0.15, 0.2) is 0 Å². The zero-order valence-electron chi connectivity index (χ0n) is 16.1. The van der Waals surface area contributed by atoms with Crippen LogP contribution in [0, 0.1) is 5.82 Å². The Morgan fingerprint density at radius 3 is 2.72 bits per heavy atom. The fraction of sp³-hybridized carbons (Fsp3) is 0.130. The van der Waals surface area contributed by atoms with E-state index in [1.807, 2.05) is 18.2 Å². The number of nitrogens with one attached hydrogen (secondary N) is 1. The van der Waals surface area contributed by atoms with E-state index in [4.69, 9.17) is 4.74 Å². The molecular formula is C23H20FN3O2. The van der Waals surface area contributed by atoms with Crippen LogP contribution >= 0.6 is 0 Å².